The van der Waals surface area contributed by atoms with E-state index in [1.54, 1.807) is 10.9 Å². The maximum absolute atomic E-state index is 11.8. The normalized spacial score (nSPS) is 18.4. The summed E-state index contributed by atoms with van der Waals surface area (Å²) in [5.41, 5.74) is 4.02. The van der Waals surface area contributed by atoms with E-state index < -0.39 is 0 Å². The van der Waals surface area contributed by atoms with E-state index in [-0.39, 0.29) is 11.8 Å². The molecule has 0 aliphatic carbocycles. The highest BCUT2D eigenvalue weighted by atomic mass is 32.1. The SMILES string of the molecule is Cc1nnn2c1COCC(CNC(=O)c1cscn1)C2. The smallest absolute Gasteiger partial charge is 0.270 e. The summed E-state index contributed by atoms with van der Waals surface area (Å²) in [4.78, 5) is 15.8. The molecule has 3 heterocycles. The minimum absolute atomic E-state index is 0.148. The van der Waals surface area contributed by atoms with Crippen LogP contribution in [0.1, 0.15) is 21.9 Å². The van der Waals surface area contributed by atoms with Crippen LogP contribution >= 0.6 is 11.3 Å². The predicted octanol–water partition coefficient (Wildman–Crippen LogP) is 0.619. The Morgan fingerprint density at radius 1 is 1.65 bits per heavy atom. The molecule has 0 saturated heterocycles. The molecule has 3 rings (SSSR count). The molecule has 1 aliphatic heterocycles. The largest absolute Gasteiger partial charge is 0.375 e. The van der Waals surface area contributed by atoms with Gasteiger partial charge in [0.05, 0.1) is 30.1 Å². The summed E-state index contributed by atoms with van der Waals surface area (Å²) in [5, 5.41) is 12.8. The van der Waals surface area contributed by atoms with Gasteiger partial charge in [-0.15, -0.1) is 16.4 Å². The number of nitrogens with zero attached hydrogens (tertiary/aromatic N) is 4. The van der Waals surface area contributed by atoms with Crippen molar-refractivity contribution in [2.75, 3.05) is 13.2 Å². The molecule has 1 aliphatic rings. The summed E-state index contributed by atoms with van der Waals surface area (Å²) in [5.74, 6) is 0.0328. The minimum atomic E-state index is -0.148. The van der Waals surface area contributed by atoms with Gasteiger partial charge in [0.2, 0.25) is 0 Å². The van der Waals surface area contributed by atoms with Crippen LogP contribution in [-0.2, 0) is 17.9 Å². The van der Waals surface area contributed by atoms with Gasteiger partial charge in [0.15, 0.2) is 0 Å². The second-order valence-electron chi connectivity index (χ2n) is 4.77. The van der Waals surface area contributed by atoms with E-state index in [1.807, 2.05) is 11.6 Å². The lowest BCUT2D eigenvalue weighted by Crippen LogP contribution is -2.33. The van der Waals surface area contributed by atoms with Gasteiger partial charge in [0.25, 0.3) is 5.91 Å². The van der Waals surface area contributed by atoms with Crippen LogP contribution in [0.4, 0.5) is 0 Å². The fourth-order valence-electron chi connectivity index (χ4n) is 2.14. The van der Waals surface area contributed by atoms with E-state index in [1.165, 1.54) is 11.3 Å². The van der Waals surface area contributed by atoms with Crippen molar-refractivity contribution in [3.63, 3.8) is 0 Å². The van der Waals surface area contributed by atoms with Crippen LogP contribution in [0, 0.1) is 12.8 Å². The molecule has 0 bridgehead atoms. The monoisotopic (exact) mass is 293 g/mol. The van der Waals surface area contributed by atoms with Gasteiger partial charge in [0.1, 0.15) is 5.69 Å². The van der Waals surface area contributed by atoms with Gasteiger partial charge in [-0.1, -0.05) is 5.21 Å². The molecule has 1 N–H and O–H groups in total. The number of hydrogen-bond donors (Lipinski definition) is 1. The molecule has 0 aromatic carbocycles. The Kier molecular flexibility index (Phi) is 3.75. The van der Waals surface area contributed by atoms with Gasteiger partial charge < -0.3 is 10.1 Å². The van der Waals surface area contributed by atoms with E-state index in [0.717, 1.165) is 11.4 Å². The maximum Gasteiger partial charge on any atom is 0.270 e. The topological polar surface area (TPSA) is 81.9 Å². The van der Waals surface area contributed by atoms with Crippen LogP contribution in [0.2, 0.25) is 0 Å². The van der Waals surface area contributed by atoms with Gasteiger partial charge in [-0.05, 0) is 6.92 Å². The van der Waals surface area contributed by atoms with Crippen LogP contribution in [0.25, 0.3) is 0 Å². The molecule has 2 aromatic rings. The van der Waals surface area contributed by atoms with E-state index in [0.29, 0.717) is 32.0 Å². The summed E-state index contributed by atoms with van der Waals surface area (Å²) in [6.45, 7) is 4.28. The van der Waals surface area contributed by atoms with Crippen molar-refractivity contribution in [3.8, 4) is 0 Å². The van der Waals surface area contributed by atoms with Crippen molar-refractivity contribution in [2.45, 2.75) is 20.1 Å². The lowest BCUT2D eigenvalue weighted by molar-refractivity contribution is 0.0847. The molecule has 0 spiro atoms. The average Bonchev–Trinajstić information content (AvgIpc) is 3.03. The van der Waals surface area contributed by atoms with Crippen molar-refractivity contribution in [1.82, 2.24) is 25.3 Å². The Morgan fingerprint density at radius 3 is 3.35 bits per heavy atom. The van der Waals surface area contributed by atoms with Crippen LogP contribution in [0.3, 0.4) is 0 Å². The Labute approximate surface area is 120 Å². The van der Waals surface area contributed by atoms with Gasteiger partial charge >= 0.3 is 0 Å². The van der Waals surface area contributed by atoms with Crippen LogP contribution < -0.4 is 5.32 Å². The summed E-state index contributed by atoms with van der Waals surface area (Å²) in [7, 11) is 0. The number of carbonyl (C=O) groups is 1. The van der Waals surface area contributed by atoms with Crippen molar-refractivity contribution in [1.29, 1.82) is 0 Å². The number of hydrogen-bond acceptors (Lipinski definition) is 6. The van der Waals surface area contributed by atoms with Crippen LogP contribution in [-0.4, -0.2) is 39.0 Å². The highest BCUT2D eigenvalue weighted by molar-refractivity contribution is 7.07. The Hall–Kier alpha value is -1.80. The first-order chi connectivity index (χ1) is 9.74. The summed E-state index contributed by atoms with van der Waals surface area (Å²) in [6.07, 6.45) is 0. The fourth-order valence-corrected chi connectivity index (χ4v) is 2.67. The Balaban J connectivity index is 1.60. The predicted molar refractivity (Wildman–Crippen MR) is 72.4 cm³/mol. The number of nitrogens with one attached hydrogen (secondary N) is 1. The van der Waals surface area contributed by atoms with Gasteiger partial charge in [0, 0.05) is 24.4 Å². The molecule has 8 heteroatoms. The van der Waals surface area contributed by atoms with E-state index in [4.69, 9.17) is 4.74 Å². The van der Waals surface area contributed by atoms with E-state index in [9.17, 15) is 4.79 Å². The van der Waals surface area contributed by atoms with Gasteiger partial charge in [-0.25, -0.2) is 9.67 Å². The van der Waals surface area contributed by atoms with Crippen LogP contribution in [0.5, 0.6) is 0 Å². The second kappa shape index (κ2) is 5.68. The highest BCUT2D eigenvalue weighted by Gasteiger charge is 2.21. The standard InChI is InChI=1S/C12H15N5O2S/c1-8-11-5-19-4-9(3-17(11)16-15-8)2-13-12(18)10-6-20-7-14-10/h6-7,9H,2-5H2,1H3,(H,13,18). The average molecular weight is 293 g/mol. The van der Waals surface area contributed by atoms with E-state index in [2.05, 4.69) is 20.6 Å². The molecule has 0 radical (unpaired) electrons. The summed E-state index contributed by atoms with van der Waals surface area (Å²) >= 11 is 1.41. The zero-order valence-corrected chi connectivity index (χ0v) is 11.9. The number of aryl methyl sites for hydroxylation is 1. The number of aromatic nitrogens is 4. The molecule has 0 fully saturated rings. The summed E-state index contributed by atoms with van der Waals surface area (Å²) < 4.78 is 7.49. The molecule has 1 unspecified atom stereocenters. The molecular weight excluding hydrogens is 278 g/mol. The highest BCUT2D eigenvalue weighted by Crippen LogP contribution is 2.14. The summed E-state index contributed by atoms with van der Waals surface area (Å²) in [6, 6.07) is 0. The van der Waals surface area contributed by atoms with Crippen molar-refractivity contribution < 1.29 is 9.53 Å². The maximum atomic E-state index is 11.8. The van der Waals surface area contributed by atoms with Gasteiger partial charge in [-0.3, -0.25) is 4.79 Å². The molecule has 106 valence electrons. The fraction of sp³-hybridized carbons (Fsp3) is 0.500. The first kappa shape index (κ1) is 13.2. The molecule has 2 aromatic heterocycles. The third-order valence-electron chi connectivity index (χ3n) is 3.27. The molecule has 20 heavy (non-hydrogen) atoms. The lowest BCUT2D eigenvalue weighted by Gasteiger charge is -2.14. The Bertz CT molecular complexity index is 595. The van der Waals surface area contributed by atoms with Crippen molar-refractivity contribution in [3.05, 3.63) is 28.0 Å². The van der Waals surface area contributed by atoms with Crippen LogP contribution in [0.15, 0.2) is 10.9 Å². The quantitative estimate of drug-likeness (QED) is 0.897. The van der Waals surface area contributed by atoms with Crippen molar-refractivity contribution >= 4 is 17.2 Å². The zero-order chi connectivity index (χ0) is 13.9. The number of thiazole rings is 1. The first-order valence-electron chi connectivity index (χ1n) is 6.37. The lowest BCUT2D eigenvalue weighted by atomic mass is 10.1. The number of fused-ring (bicyclic) bond motifs is 1. The zero-order valence-electron chi connectivity index (χ0n) is 11.1. The number of carbonyl (C=O) groups excluding carboxylic acids is 1. The van der Waals surface area contributed by atoms with Gasteiger partial charge in [-0.2, -0.15) is 0 Å². The molecular formula is C12H15N5O2S. The molecule has 1 atom stereocenters. The third-order valence-corrected chi connectivity index (χ3v) is 3.86. The minimum Gasteiger partial charge on any atom is -0.375 e. The molecule has 0 saturated carbocycles. The first-order valence-corrected chi connectivity index (χ1v) is 7.31. The van der Waals surface area contributed by atoms with Crippen molar-refractivity contribution in [2.24, 2.45) is 5.92 Å². The number of amides is 1. The number of rotatable bonds is 3. The Morgan fingerprint density at radius 2 is 2.55 bits per heavy atom. The third kappa shape index (κ3) is 2.70. The second-order valence-corrected chi connectivity index (χ2v) is 5.49. The van der Waals surface area contributed by atoms with E-state index >= 15 is 0 Å². The molecule has 1 amide bonds. The molecule has 7 nitrogen and oxygen atoms in total. The number of ether oxygens (including phenoxy) is 1.